The van der Waals surface area contributed by atoms with E-state index in [9.17, 15) is 4.79 Å². The molecule has 2 heterocycles. The molecule has 0 aliphatic carbocycles. The second-order valence-electron chi connectivity index (χ2n) is 4.94. The predicted octanol–water partition coefficient (Wildman–Crippen LogP) is 5.12. The van der Waals surface area contributed by atoms with E-state index in [4.69, 9.17) is 23.2 Å². The van der Waals surface area contributed by atoms with Crippen molar-refractivity contribution in [2.45, 2.75) is 19.2 Å². The summed E-state index contributed by atoms with van der Waals surface area (Å²) in [6, 6.07) is 9.03. The maximum Gasteiger partial charge on any atom is 0.197 e. The van der Waals surface area contributed by atoms with E-state index in [1.807, 2.05) is 29.0 Å². The highest BCUT2D eigenvalue weighted by molar-refractivity contribution is 7.15. The van der Waals surface area contributed by atoms with Gasteiger partial charge in [-0.2, -0.15) is 0 Å². The summed E-state index contributed by atoms with van der Waals surface area (Å²) in [5.74, 6) is 0.909. The van der Waals surface area contributed by atoms with Crippen molar-refractivity contribution in [1.82, 2.24) is 9.55 Å². The number of imidazole rings is 1. The van der Waals surface area contributed by atoms with Crippen LogP contribution in [-0.2, 0) is 12.3 Å². The molecule has 0 aliphatic heterocycles. The minimum absolute atomic E-state index is 0.0872. The lowest BCUT2D eigenvalue weighted by Crippen LogP contribution is -2.06. The van der Waals surface area contributed by atoms with Gasteiger partial charge in [0, 0.05) is 22.8 Å². The van der Waals surface area contributed by atoms with Crippen molar-refractivity contribution in [3.05, 3.63) is 69.6 Å². The summed E-state index contributed by atoms with van der Waals surface area (Å²) in [5, 5.41) is 1.29. The van der Waals surface area contributed by atoms with Gasteiger partial charge >= 0.3 is 0 Å². The van der Waals surface area contributed by atoms with E-state index in [1.165, 1.54) is 0 Å². The van der Waals surface area contributed by atoms with Gasteiger partial charge in [-0.05, 0) is 24.6 Å². The van der Waals surface area contributed by atoms with Crippen LogP contribution in [-0.4, -0.2) is 15.3 Å². The monoisotopic (exact) mass is 364 g/mol. The zero-order valence-corrected chi connectivity index (χ0v) is 14.8. The third-order valence-electron chi connectivity index (χ3n) is 3.53. The van der Waals surface area contributed by atoms with E-state index in [2.05, 4.69) is 11.9 Å². The molecule has 0 radical (unpaired) electrons. The van der Waals surface area contributed by atoms with Crippen LogP contribution in [0.2, 0.25) is 5.02 Å². The van der Waals surface area contributed by atoms with Crippen LogP contribution in [0.5, 0.6) is 0 Å². The number of rotatable bonds is 5. The smallest absolute Gasteiger partial charge is 0.197 e. The molecule has 0 atom stereocenters. The summed E-state index contributed by atoms with van der Waals surface area (Å²) in [5.41, 5.74) is 1.13. The topological polar surface area (TPSA) is 34.9 Å². The lowest BCUT2D eigenvalue weighted by atomic mass is 10.0. The number of aromatic nitrogens is 2. The standard InChI is InChI=1S/C17H14Cl2N2OS/c1-2-11-9-13(16(22)12-5-3-4-6-14(12)19)17(23-11)21-8-7-20-15(21)10-18/h3-9H,2,10H2,1H3. The van der Waals surface area contributed by atoms with E-state index < -0.39 is 0 Å². The molecule has 2 aromatic heterocycles. The molecule has 6 heteroatoms. The van der Waals surface area contributed by atoms with Crippen LogP contribution in [0.3, 0.4) is 0 Å². The second kappa shape index (κ2) is 6.87. The van der Waals surface area contributed by atoms with Crippen LogP contribution >= 0.6 is 34.5 Å². The number of halogens is 2. The largest absolute Gasteiger partial charge is 0.293 e. The van der Waals surface area contributed by atoms with Crippen molar-refractivity contribution < 1.29 is 4.79 Å². The number of thiophene rings is 1. The fourth-order valence-corrected chi connectivity index (χ4v) is 3.87. The Morgan fingerprint density at radius 1 is 1.30 bits per heavy atom. The Kier molecular flexibility index (Phi) is 4.85. The Morgan fingerprint density at radius 2 is 2.09 bits per heavy atom. The summed E-state index contributed by atoms with van der Waals surface area (Å²) in [6.07, 6.45) is 4.37. The molecule has 3 nitrogen and oxygen atoms in total. The Morgan fingerprint density at radius 3 is 2.78 bits per heavy atom. The number of hydrogen-bond acceptors (Lipinski definition) is 3. The van der Waals surface area contributed by atoms with E-state index >= 15 is 0 Å². The highest BCUT2D eigenvalue weighted by Gasteiger charge is 2.21. The lowest BCUT2D eigenvalue weighted by molar-refractivity contribution is 0.103. The normalized spacial score (nSPS) is 10.9. The Balaban J connectivity index is 2.14. The first kappa shape index (κ1) is 16.2. The Bertz CT molecular complexity index is 854. The number of carbonyl (C=O) groups excluding carboxylic acids is 1. The molecule has 0 aliphatic rings. The number of carbonyl (C=O) groups is 1. The minimum atomic E-state index is -0.0872. The van der Waals surface area contributed by atoms with Crippen LogP contribution in [0.15, 0.2) is 42.7 Å². The number of alkyl halides is 1. The molecule has 0 spiro atoms. The zero-order valence-electron chi connectivity index (χ0n) is 12.4. The quantitative estimate of drug-likeness (QED) is 0.465. The molecule has 0 saturated carbocycles. The number of ketones is 1. The second-order valence-corrected chi connectivity index (χ2v) is 6.73. The first-order valence-corrected chi connectivity index (χ1v) is 8.89. The summed E-state index contributed by atoms with van der Waals surface area (Å²) in [4.78, 5) is 18.3. The highest BCUT2D eigenvalue weighted by Crippen LogP contribution is 2.31. The average Bonchev–Trinajstić information content (AvgIpc) is 3.20. The van der Waals surface area contributed by atoms with Gasteiger partial charge < -0.3 is 0 Å². The summed E-state index contributed by atoms with van der Waals surface area (Å²) >= 11 is 13.7. The molecule has 1 aromatic carbocycles. The van der Waals surface area contributed by atoms with Gasteiger partial charge in [0.05, 0.1) is 16.5 Å². The number of hydrogen-bond donors (Lipinski definition) is 0. The first-order chi connectivity index (χ1) is 11.2. The van der Waals surface area contributed by atoms with Crippen molar-refractivity contribution >= 4 is 40.3 Å². The fraction of sp³-hybridized carbons (Fsp3) is 0.176. The molecular formula is C17H14Cl2N2OS. The van der Waals surface area contributed by atoms with Gasteiger partial charge in [0.25, 0.3) is 0 Å². The molecule has 23 heavy (non-hydrogen) atoms. The van der Waals surface area contributed by atoms with E-state index in [1.54, 1.807) is 29.7 Å². The van der Waals surface area contributed by atoms with Gasteiger partial charge in [0.1, 0.15) is 10.8 Å². The molecule has 3 aromatic rings. The van der Waals surface area contributed by atoms with E-state index in [-0.39, 0.29) is 11.7 Å². The van der Waals surface area contributed by atoms with Crippen molar-refractivity contribution in [3.63, 3.8) is 0 Å². The molecule has 0 amide bonds. The van der Waals surface area contributed by atoms with Crippen LogP contribution < -0.4 is 0 Å². The zero-order chi connectivity index (χ0) is 16.4. The summed E-state index contributed by atoms with van der Waals surface area (Å²) in [6.45, 7) is 2.07. The van der Waals surface area contributed by atoms with Crippen LogP contribution in [0, 0.1) is 0 Å². The number of nitrogens with zero attached hydrogens (tertiary/aromatic N) is 2. The van der Waals surface area contributed by atoms with Crippen molar-refractivity contribution in [2.24, 2.45) is 0 Å². The van der Waals surface area contributed by atoms with Gasteiger partial charge in [-0.1, -0.05) is 30.7 Å². The van der Waals surface area contributed by atoms with Crippen molar-refractivity contribution in [3.8, 4) is 5.00 Å². The van der Waals surface area contributed by atoms with Crippen molar-refractivity contribution in [1.29, 1.82) is 0 Å². The predicted molar refractivity (Wildman–Crippen MR) is 95.3 cm³/mol. The molecule has 0 unspecified atom stereocenters. The SMILES string of the molecule is CCc1cc(C(=O)c2ccccc2Cl)c(-n2ccnc2CCl)s1. The molecule has 118 valence electrons. The van der Waals surface area contributed by atoms with E-state index in [0.29, 0.717) is 22.0 Å². The van der Waals surface area contributed by atoms with Gasteiger partial charge in [0.15, 0.2) is 5.78 Å². The van der Waals surface area contributed by atoms with Gasteiger partial charge in [-0.15, -0.1) is 22.9 Å². The third kappa shape index (κ3) is 3.07. The molecule has 0 bridgehead atoms. The molecule has 0 fully saturated rings. The van der Waals surface area contributed by atoms with Gasteiger partial charge in [-0.25, -0.2) is 4.98 Å². The van der Waals surface area contributed by atoms with Crippen LogP contribution in [0.25, 0.3) is 5.00 Å². The number of aryl methyl sites for hydroxylation is 1. The molecule has 0 N–H and O–H groups in total. The molecule has 3 rings (SSSR count). The Labute approximate surface area is 148 Å². The number of benzene rings is 1. The summed E-state index contributed by atoms with van der Waals surface area (Å²) in [7, 11) is 0. The van der Waals surface area contributed by atoms with Crippen LogP contribution in [0.4, 0.5) is 0 Å². The highest BCUT2D eigenvalue weighted by atomic mass is 35.5. The fourth-order valence-electron chi connectivity index (χ4n) is 2.36. The lowest BCUT2D eigenvalue weighted by Gasteiger charge is -2.07. The first-order valence-electron chi connectivity index (χ1n) is 7.16. The van der Waals surface area contributed by atoms with Crippen LogP contribution in [0.1, 0.15) is 33.5 Å². The average molecular weight is 365 g/mol. The van der Waals surface area contributed by atoms with Gasteiger partial charge in [0.2, 0.25) is 0 Å². The maximum atomic E-state index is 13.0. The molecule has 0 saturated heterocycles. The maximum absolute atomic E-state index is 13.0. The minimum Gasteiger partial charge on any atom is -0.293 e. The van der Waals surface area contributed by atoms with Crippen molar-refractivity contribution in [2.75, 3.05) is 0 Å². The summed E-state index contributed by atoms with van der Waals surface area (Å²) < 4.78 is 1.88. The Hall–Kier alpha value is -1.62. The third-order valence-corrected chi connectivity index (χ3v) is 5.38. The van der Waals surface area contributed by atoms with E-state index in [0.717, 1.165) is 16.3 Å². The molecular weight excluding hydrogens is 351 g/mol. The van der Waals surface area contributed by atoms with Gasteiger partial charge in [-0.3, -0.25) is 9.36 Å².